The maximum atomic E-state index is 4.30. The number of nitrogens with zero attached hydrogens (tertiary/aromatic N) is 4. The number of benzene rings is 1. The zero-order chi connectivity index (χ0) is 17.1. The van der Waals surface area contributed by atoms with Crippen LogP contribution in [0.25, 0.3) is 5.65 Å². The highest BCUT2D eigenvalue weighted by Crippen LogP contribution is 2.46. The van der Waals surface area contributed by atoms with E-state index in [1.165, 1.54) is 12.0 Å². The van der Waals surface area contributed by atoms with Crippen molar-refractivity contribution in [3.05, 3.63) is 66.1 Å². The standard InChI is InChI=1S/C19H22N6.HI/c1-20-19(21-12-15-11-16(15)14-7-3-2-4-8-14)22-13-18-24-23-17-9-5-6-10-25(17)18;/h2-10,15-16H,11-13H2,1H3,(H2,20,21,22);1H. The molecule has 7 heteroatoms. The molecule has 0 radical (unpaired) electrons. The predicted octanol–water partition coefficient (Wildman–Crippen LogP) is 2.82. The van der Waals surface area contributed by atoms with E-state index < -0.39 is 0 Å². The Labute approximate surface area is 170 Å². The van der Waals surface area contributed by atoms with Crippen LogP contribution in [0.15, 0.2) is 59.7 Å². The largest absolute Gasteiger partial charge is 0.356 e. The molecule has 26 heavy (non-hydrogen) atoms. The van der Waals surface area contributed by atoms with Crippen LogP contribution in [0.3, 0.4) is 0 Å². The molecule has 1 aliphatic rings. The molecule has 0 spiro atoms. The molecule has 0 aliphatic heterocycles. The topological polar surface area (TPSA) is 66.6 Å². The van der Waals surface area contributed by atoms with E-state index >= 15 is 0 Å². The zero-order valence-corrected chi connectivity index (χ0v) is 17.0. The quantitative estimate of drug-likeness (QED) is 0.348. The Morgan fingerprint density at radius 1 is 1.12 bits per heavy atom. The molecular formula is C19H23IN6. The van der Waals surface area contributed by atoms with E-state index in [9.17, 15) is 0 Å². The number of hydrogen-bond donors (Lipinski definition) is 2. The fourth-order valence-corrected chi connectivity index (χ4v) is 3.20. The summed E-state index contributed by atoms with van der Waals surface area (Å²) in [5.74, 6) is 3.01. The van der Waals surface area contributed by atoms with Crippen LogP contribution in [0.2, 0.25) is 0 Å². The third kappa shape index (κ3) is 4.14. The molecule has 1 aliphatic carbocycles. The Hall–Kier alpha value is -2.16. The summed E-state index contributed by atoms with van der Waals surface area (Å²) in [6, 6.07) is 16.6. The SMILES string of the molecule is CN=C(NCc1nnc2ccccn12)NCC1CC1c1ccccc1.I. The number of nitrogens with one attached hydrogen (secondary N) is 2. The first kappa shape index (κ1) is 18.6. The number of rotatable bonds is 5. The van der Waals surface area contributed by atoms with E-state index in [-0.39, 0.29) is 24.0 Å². The average Bonchev–Trinajstić information content (AvgIpc) is 3.34. The highest BCUT2D eigenvalue weighted by molar-refractivity contribution is 14.0. The second-order valence-corrected chi connectivity index (χ2v) is 6.36. The van der Waals surface area contributed by atoms with E-state index in [1.807, 2.05) is 28.8 Å². The summed E-state index contributed by atoms with van der Waals surface area (Å²) >= 11 is 0. The summed E-state index contributed by atoms with van der Waals surface area (Å²) in [5, 5.41) is 15.1. The summed E-state index contributed by atoms with van der Waals surface area (Å²) in [6.07, 6.45) is 3.21. The van der Waals surface area contributed by atoms with Crippen molar-refractivity contribution in [3.63, 3.8) is 0 Å². The van der Waals surface area contributed by atoms with Gasteiger partial charge in [-0.05, 0) is 36.0 Å². The molecule has 2 unspecified atom stereocenters. The first-order valence-electron chi connectivity index (χ1n) is 8.63. The minimum Gasteiger partial charge on any atom is -0.356 e. The molecule has 0 bridgehead atoms. The number of aromatic nitrogens is 3. The predicted molar refractivity (Wildman–Crippen MR) is 114 cm³/mol. The van der Waals surface area contributed by atoms with Crippen LogP contribution in [0.4, 0.5) is 0 Å². The number of aliphatic imine (C=N–C) groups is 1. The second-order valence-electron chi connectivity index (χ2n) is 6.36. The van der Waals surface area contributed by atoms with Gasteiger partial charge < -0.3 is 10.6 Å². The van der Waals surface area contributed by atoms with E-state index in [4.69, 9.17) is 0 Å². The van der Waals surface area contributed by atoms with Crippen molar-refractivity contribution in [2.45, 2.75) is 18.9 Å². The first-order chi connectivity index (χ1) is 12.3. The normalized spacial score (nSPS) is 19.0. The Kier molecular flexibility index (Phi) is 6.08. The molecule has 0 saturated heterocycles. The van der Waals surface area contributed by atoms with Crippen LogP contribution in [0.5, 0.6) is 0 Å². The number of pyridine rings is 1. The minimum atomic E-state index is 0. The van der Waals surface area contributed by atoms with Crippen molar-refractivity contribution in [2.24, 2.45) is 10.9 Å². The molecule has 2 atom stereocenters. The molecular weight excluding hydrogens is 439 g/mol. The third-order valence-electron chi connectivity index (χ3n) is 4.70. The minimum absolute atomic E-state index is 0. The molecule has 2 N–H and O–H groups in total. The molecule has 1 fully saturated rings. The Morgan fingerprint density at radius 2 is 1.92 bits per heavy atom. The van der Waals surface area contributed by atoms with Crippen LogP contribution < -0.4 is 10.6 Å². The van der Waals surface area contributed by atoms with Crippen LogP contribution in [0.1, 0.15) is 23.7 Å². The maximum Gasteiger partial charge on any atom is 0.191 e. The molecule has 6 nitrogen and oxygen atoms in total. The highest BCUT2D eigenvalue weighted by Gasteiger charge is 2.37. The van der Waals surface area contributed by atoms with E-state index in [2.05, 4.69) is 56.2 Å². The van der Waals surface area contributed by atoms with Crippen molar-refractivity contribution >= 4 is 35.6 Å². The lowest BCUT2D eigenvalue weighted by molar-refractivity contribution is 0.708. The van der Waals surface area contributed by atoms with Crippen molar-refractivity contribution < 1.29 is 0 Å². The molecule has 3 aromatic rings. The third-order valence-corrected chi connectivity index (χ3v) is 4.70. The molecule has 1 saturated carbocycles. The van der Waals surface area contributed by atoms with Gasteiger partial charge in [-0.1, -0.05) is 36.4 Å². The molecule has 1 aromatic carbocycles. The van der Waals surface area contributed by atoms with Crippen LogP contribution >= 0.6 is 24.0 Å². The maximum absolute atomic E-state index is 4.30. The summed E-state index contributed by atoms with van der Waals surface area (Å²) in [5.41, 5.74) is 2.29. The average molecular weight is 462 g/mol. The van der Waals surface area contributed by atoms with Gasteiger partial charge in [0, 0.05) is 19.8 Å². The van der Waals surface area contributed by atoms with Gasteiger partial charge in [0.25, 0.3) is 0 Å². The van der Waals surface area contributed by atoms with Gasteiger partial charge in [-0.15, -0.1) is 34.2 Å². The summed E-state index contributed by atoms with van der Waals surface area (Å²) < 4.78 is 1.98. The molecule has 0 amide bonds. The van der Waals surface area contributed by atoms with E-state index in [0.29, 0.717) is 18.4 Å². The smallest absolute Gasteiger partial charge is 0.191 e. The zero-order valence-electron chi connectivity index (χ0n) is 14.7. The number of guanidine groups is 1. The van der Waals surface area contributed by atoms with Crippen molar-refractivity contribution in [3.8, 4) is 0 Å². The van der Waals surface area contributed by atoms with Gasteiger partial charge in [0.1, 0.15) is 0 Å². The van der Waals surface area contributed by atoms with E-state index in [0.717, 1.165) is 24.0 Å². The fourth-order valence-electron chi connectivity index (χ4n) is 3.20. The monoisotopic (exact) mass is 462 g/mol. The van der Waals surface area contributed by atoms with Gasteiger partial charge in [0.2, 0.25) is 0 Å². The van der Waals surface area contributed by atoms with Crippen molar-refractivity contribution in [1.82, 2.24) is 25.2 Å². The lowest BCUT2D eigenvalue weighted by atomic mass is 10.1. The van der Waals surface area contributed by atoms with Crippen molar-refractivity contribution in [2.75, 3.05) is 13.6 Å². The molecule has 2 heterocycles. The first-order valence-corrected chi connectivity index (χ1v) is 8.63. The summed E-state index contributed by atoms with van der Waals surface area (Å²) in [7, 11) is 1.79. The Balaban J connectivity index is 0.00000196. The summed E-state index contributed by atoms with van der Waals surface area (Å²) in [4.78, 5) is 4.30. The fraction of sp³-hybridized carbons (Fsp3) is 0.316. The van der Waals surface area contributed by atoms with Crippen LogP contribution in [0, 0.1) is 5.92 Å². The van der Waals surface area contributed by atoms with Crippen molar-refractivity contribution in [1.29, 1.82) is 0 Å². The Bertz CT molecular complexity index is 876. The van der Waals surface area contributed by atoms with E-state index in [1.54, 1.807) is 7.05 Å². The van der Waals surface area contributed by atoms with Gasteiger partial charge in [0.15, 0.2) is 17.4 Å². The van der Waals surface area contributed by atoms with Crippen LogP contribution in [-0.2, 0) is 6.54 Å². The van der Waals surface area contributed by atoms with Gasteiger partial charge >= 0.3 is 0 Å². The van der Waals surface area contributed by atoms with Crippen LogP contribution in [-0.4, -0.2) is 34.2 Å². The number of halogens is 1. The van der Waals surface area contributed by atoms with Gasteiger partial charge in [-0.25, -0.2) is 0 Å². The second kappa shape index (κ2) is 8.48. The molecule has 2 aromatic heterocycles. The lowest BCUT2D eigenvalue weighted by Crippen LogP contribution is -2.38. The lowest BCUT2D eigenvalue weighted by Gasteiger charge is -2.11. The number of hydrogen-bond acceptors (Lipinski definition) is 3. The van der Waals surface area contributed by atoms with Gasteiger partial charge in [-0.3, -0.25) is 9.39 Å². The Morgan fingerprint density at radius 3 is 2.73 bits per heavy atom. The number of fused-ring (bicyclic) bond motifs is 1. The highest BCUT2D eigenvalue weighted by atomic mass is 127. The summed E-state index contributed by atoms with van der Waals surface area (Å²) in [6.45, 7) is 1.51. The molecule has 4 rings (SSSR count). The van der Waals surface area contributed by atoms with Gasteiger partial charge in [0.05, 0.1) is 6.54 Å². The van der Waals surface area contributed by atoms with Gasteiger partial charge in [-0.2, -0.15) is 0 Å². The molecule has 136 valence electrons.